The number of hydrogen-bond donors (Lipinski definition) is 3. The van der Waals surface area contributed by atoms with E-state index in [2.05, 4.69) is 21.2 Å². The molecule has 6 heteroatoms. The predicted molar refractivity (Wildman–Crippen MR) is 78.2 cm³/mol. The molecular formula is C14H18BrNO4. The van der Waals surface area contributed by atoms with Gasteiger partial charge in [0.05, 0.1) is 13.0 Å². The highest BCUT2D eigenvalue weighted by Gasteiger charge is 2.34. The summed E-state index contributed by atoms with van der Waals surface area (Å²) in [5, 5.41) is 22.6. The van der Waals surface area contributed by atoms with E-state index in [1.807, 2.05) is 6.92 Å². The number of rotatable bonds is 4. The summed E-state index contributed by atoms with van der Waals surface area (Å²) in [6.07, 6.45) is 1.25. The van der Waals surface area contributed by atoms with Crippen molar-refractivity contribution in [1.82, 2.24) is 5.32 Å². The summed E-state index contributed by atoms with van der Waals surface area (Å²) in [4.78, 5) is 11.1. The van der Waals surface area contributed by atoms with Crippen molar-refractivity contribution in [3.05, 3.63) is 21.7 Å². The number of benzene rings is 1. The van der Waals surface area contributed by atoms with Gasteiger partial charge in [-0.15, -0.1) is 0 Å². The zero-order valence-corrected chi connectivity index (χ0v) is 13.0. The molecule has 1 fully saturated rings. The number of phenolic OH excluding ortho intramolecular Hbond substituents is 1. The summed E-state index contributed by atoms with van der Waals surface area (Å²) < 4.78 is 6.02. The molecule has 1 aliphatic heterocycles. The average Bonchev–Trinajstić information content (AvgIpc) is 2.89. The van der Waals surface area contributed by atoms with Gasteiger partial charge in [0.15, 0.2) is 11.5 Å². The van der Waals surface area contributed by atoms with Gasteiger partial charge in [-0.1, -0.05) is 22.9 Å². The quantitative estimate of drug-likeness (QED) is 0.782. The number of carboxylic acid groups (broad SMARTS) is 1. The van der Waals surface area contributed by atoms with Crippen LogP contribution >= 0.6 is 15.9 Å². The number of aryl methyl sites for hydroxylation is 1. The Bertz CT molecular complexity index is 504. The fraction of sp³-hybridized carbons (Fsp3) is 0.500. The van der Waals surface area contributed by atoms with Crippen LogP contribution in [0.15, 0.2) is 10.5 Å². The molecule has 0 saturated carbocycles. The number of aliphatic carboxylic acids is 1. The van der Waals surface area contributed by atoms with Crippen molar-refractivity contribution in [2.24, 2.45) is 5.92 Å². The molecule has 0 radical (unpaired) electrons. The third-order valence-electron chi connectivity index (χ3n) is 3.74. The molecule has 0 aromatic heterocycles. The molecule has 1 aromatic carbocycles. The lowest BCUT2D eigenvalue weighted by molar-refractivity contribution is -0.141. The summed E-state index contributed by atoms with van der Waals surface area (Å²) in [6.45, 7) is 2.42. The van der Waals surface area contributed by atoms with E-state index in [9.17, 15) is 9.90 Å². The second kappa shape index (κ2) is 6.01. The van der Waals surface area contributed by atoms with Gasteiger partial charge in [0, 0.05) is 22.6 Å². The largest absolute Gasteiger partial charge is 0.504 e. The number of methoxy groups -OCH3 is 1. The van der Waals surface area contributed by atoms with Crippen molar-refractivity contribution < 1.29 is 19.7 Å². The highest BCUT2D eigenvalue weighted by Crippen LogP contribution is 2.44. The highest BCUT2D eigenvalue weighted by molar-refractivity contribution is 9.10. The van der Waals surface area contributed by atoms with Crippen LogP contribution in [-0.4, -0.2) is 29.8 Å². The van der Waals surface area contributed by atoms with Gasteiger partial charge in [-0.05, 0) is 24.5 Å². The van der Waals surface area contributed by atoms with E-state index in [4.69, 9.17) is 9.84 Å². The highest BCUT2D eigenvalue weighted by atomic mass is 79.9. The lowest BCUT2D eigenvalue weighted by Gasteiger charge is -2.19. The number of aromatic hydroxyl groups is 1. The van der Waals surface area contributed by atoms with Gasteiger partial charge in [-0.2, -0.15) is 0 Å². The van der Waals surface area contributed by atoms with Crippen LogP contribution in [0.25, 0.3) is 0 Å². The van der Waals surface area contributed by atoms with Crippen molar-refractivity contribution in [2.75, 3.05) is 13.7 Å². The average molecular weight is 344 g/mol. The van der Waals surface area contributed by atoms with Crippen LogP contribution in [0.1, 0.15) is 30.5 Å². The molecule has 0 spiro atoms. The number of nitrogens with one attached hydrogen (secondary N) is 1. The first-order chi connectivity index (χ1) is 9.49. The summed E-state index contributed by atoms with van der Waals surface area (Å²) in [7, 11) is 1.51. The van der Waals surface area contributed by atoms with Crippen molar-refractivity contribution >= 4 is 21.9 Å². The summed E-state index contributed by atoms with van der Waals surface area (Å²) in [6, 6.07) is 1.61. The van der Waals surface area contributed by atoms with Gasteiger partial charge in [0.25, 0.3) is 0 Å². The number of halogens is 1. The molecule has 1 heterocycles. The van der Waals surface area contributed by atoms with Crippen molar-refractivity contribution in [1.29, 1.82) is 0 Å². The van der Waals surface area contributed by atoms with Gasteiger partial charge in [0.1, 0.15) is 0 Å². The van der Waals surface area contributed by atoms with E-state index >= 15 is 0 Å². The Labute approximate surface area is 126 Å². The van der Waals surface area contributed by atoms with E-state index in [1.165, 1.54) is 7.11 Å². The maximum Gasteiger partial charge on any atom is 0.307 e. The maximum absolute atomic E-state index is 11.1. The minimum atomic E-state index is -0.811. The van der Waals surface area contributed by atoms with Crippen LogP contribution in [-0.2, 0) is 11.2 Å². The van der Waals surface area contributed by atoms with Crippen LogP contribution < -0.4 is 10.1 Å². The molecule has 2 unspecified atom stereocenters. The third kappa shape index (κ3) is 2.62. The fourth-order valence-electron chi connectivity index (χ4n) is 2.57. The minimum Gasteiger partial charge on any atom is -0.504 e. The Hall–Kier alpha value is -1.27. The number of carbonyl (C=O) groups is 1. The smallest absolute Gasteiger partial charge is 0.307 e. The van der Waals surface area contributed by atoms with Crippen LogP contribution in [0, 0.1) is 5.92 Å². The van der Waals surface area contributed by atoms with E-state index < -0.39 is 11.9 Å². The Balaban J connectivity index is 2.43. The third-order valence-corrected chi connectivity index (χ3v) is 4.68. The topological polar surface area (TPSA) is 78.8 Å². The van der Waals surface area contributed by atoms with E-state index in [0.717, 1.165) is 16.5 Å². The van der Waals surface area contributed by atoms with Crippen LogP contribution in [0.5, 0.6) is 11.5 Å². The molecule has 1 saturated heterocycles. The number of ether oxygens (including phenoxy) is 1. The second-order valence-corrected chi connectivity index (χ2v) is 5.69. The fourth-order valence-corrected chi connectivity index (χ4v) is 3.43. The van der Waals surface area contributed by atoms with Crippen LogP contribution in [0.2, 0.25) is 0 Å². The molecule has 0 aliphatic carbocycles. The number of phenols is 1. The molecular weight excluding hydrogens is 326 g/mol. The lowest BCUT2D eigenvalue weighted by atomic mass is 9.96. The zero-order valence-electron chi connectivity index (χ0n) is 11.4. The summed E-state index contributed by atoms with van der Waals surface area (Å²) in [5.74, 6) is -0.752. The molecule has 2 rings (SSSR count). The number of carboxylic acids is 1. The zero-order chi connectivity index (χ0) is 14.9. The van der Waals surface area contributed by atoms with Gasteiger partial charge in [-0.3, -0.25) is 4.79 Å². The van der Waals surface area contributed by atoms with Gasteiger partial charge in [-0.25, -0.2) is 0 Å². The SMILES string of the molecule is CCc1cc(OC)c(O)c(C2CC(C(=O)O)CN2)c1Br. The predicted octanol–water partition coefficient (Wildman–Crippen LogP) is 2.46. The number of hydrogen-bond acceptors (Lipinski definition) is 4. The molecule has 1 aromatic rings. The lowest BCUT2D eigenvalue weighted by Crippen LogP contribution is -2.17. The first-order valence-corrected chi connectivity index (χ1v) is 7.33. The molecule has 0 amide bonds. The Morgan fingerprint density at radius 3 is 2.80 bits per heavy atom. The van der Waals surface area contributed by atoms with Crippen LogP contribution in [0.3, 0.4) is 0 Å². The molecule has 0 bridgehead atoms. The maximum atomic E-state index is 11.1. The molecule has 2 atom stereocenters. The second-order valence-electron chi connectivity index (χ2n) is 4.90. The molecule has 20 heavy (non-hydrogen) atoms. The molecule has 3 N–H and O–H groups in total. The first kappa shape index (κ1) is 15.1. The van der Waals surface area contributed by atoms with Crippen molar-refractivity contribution in [3.8, 4) is 11.5 Å². The summed E-state index contributed by atoms with van der Waals surface area (Å²) in [5.41, 5.74) is 1.71. The van der Waals surface area contributed by atoms with E-state index in [1.54, 1.807) is 6.07 Å². The first-order valence-electron chi connectivity index (χ1n) is 6.54. The normalized spacial score (nSPS) is 21.9. The molecule has 5 nitrogen and oxygen atoms in total. The van der Waals surface area contributed by atoms with Crippen molar-refractivity contribution in [3.63, 3.8) is 0 Å². The molecule has 1 aliphatic rings. The van der Waals surface area contributed by atoms with Crippen LogP contribution in [0.4, 0.5) is 0 Å². The van der Waals surface area contributed by atoms with Gasteiger partial charge in [0.2, 0.25) is 0 Å². The Kier molecular flexibility index (Phi) is 4.55. The molecule has 110 valence electrons. The van der Waals surface area contributed by atoms with Gasteiger partial charge < -0.3 is 20.3 Å². The minimum absolute atomic E-state index is 0.0695. The Morgan fingerprint density at radius 1 is 1.60 bits per heavy atom. The van der Waals surface area contributed by atoms with Crippen molar-refractivity contribution in [2.45, 2.75) is 25.8 Å². The van der Waals surface area contributed by atoms with E-state index in [0.29, 0.717) is 24.3 Å². The van der Waals surface area contributed by atoms with Gasteiger partial charge >= 0.3 is 5.97 Å². The van der Waals surface area contributed by atoms with E-state index in [-0.39, 0.29) is 11.8 Å². The Morgan fingerprint density at radius 2 is 2.30 bits per heavy atom. The monoisotopic (exact) mass is 343 g/mol. The standard InChI is InChI=1S/C14H18BrNO4/c1-3-7-5-10(20-2)13(17)11(12(7)15)9-4-8(6-16-9)14(18)19/h5,8-9,16-17H,3-4,6H2,1-2H3,(H,18,19). The summed E-state index contributed by atoms with van der Waals surface area (Å²) >= 11 is 3.52.